The van der Waals surface area contributed by atoms with Crippen LogP contribution in [0.3, 0.4) is 0 Å². The second kappa shape index (κ2) is 14.4. The molecular weight excluding hydrogens is 848 g/mol. The minimum Gasteiger partial charge on any atom is -0.509 e. The van der Waals surface area contributed by atoms with E-state index in [0.717, 1.165) is 76.7 Å². The molecule has 2 aliphatic rings. The number of fused-ring (bicyclic) bond motifs is 3. The summed E-state index contributed by atoms with van der Waals surface area (Å²) in [5.74, 6) is 4.35. The third-order valence-electron chi connectivity index (χ3n) is 11.8. The topological polar surface area (TPSA) is 51.4 Å². The number of aromatic nitrogens is 4. The van der Waals surface area contributed by atoms with E-state index >= 15 is 0 Å². The minimum absolute atomic E-state index is 0. The summed E-state index contributed by atoms with van der Waals surface area (Å²) in [7, 11) is 0. The first-order valence-electron chi connectivity index (χ1n) is 19.1. The number of rotatable bonds is 7. The van der Waals surface area contributed by atoms with E-state index in [-0.39, 0.29) is 21.1 Å². The molecule has 3 aromatic heterocycles. The van der Waals surface area contributed by atoms with Crippen LogP contribution >= 0.6 is 0 Å². The molecule has 0 bridgehead atoms. The van der Waals surface area contributed by atoms with Crippen LogP contribution in [0.1, 0.15) is 59.1 Å². The van der Waals surface area contributed by atoms with Crippen LogP contribution < -0.4 is 14.5 Å². The van der Waals surface area contributed by atoms with Crippen molar-refractivity contribution in [3.05, 3.63) is 118 Å². The molecule has 2 fully saturated rings. The molecule has 7 aromatic rings. The fraction of sp³-hybridized carbons (Fsp3) is 0.304. The molecule has 5 heterocycles. The Balaban J connectivity index is 0.00000413. The molecule has 276 valence electrons. The van der Waals surface area contributed by atoms with Crippen molar-refractivity contribution in [1.82, 2.24) is 19.3 Å². The predicted molar refractivity (Wildman–Crippen MR) is 217 cm³/mol. The van der Waals surface area contributed by atoms with Crippen molar-refractivity contribution in [3.63, 3.8) is 0 Å². The van der Waals surface area contributed by atoms with Gasteiger partial charge in [-0.25, -0.2) is 9.67 Å². The molecular formula is C46H46N6OPt. The summed E-state index contributed by atoms with van der Waals surface area (Å²) in [6.07, 6.45) is 6.58. The van der Waals surface area contributed by atoms with Gasteiger partial charge in [0.2, 0.25) is 0 Å². The third kappa shape index (κ3) is 6.01. The van der Waals surface area contributed by atoms with Gasteiger partial charge in [-0.1, -0.05) is 23.7 Å². The Morgan fingerprint density at radius 3 is 2.02 bits per heavy atom. The Morgan fingerprint density at radius 2 is 1.30 bits per heavy atom. The number of aryl methyl sites for hydroxylation is 1. The van der Waals surface area contributed by atoms with Crippen LogP contribution in [0, 0.1) is 53.7 Å². The monoisotopic (exact) mass is 893 g/mol. The summed E-state index contributed by atoms with van der Waals surface area (Å²) in [6, 6.07) is 30.1. The van der Waals surface area contributed by atoms with Crippen molar-refractivity contribution in [3.8, 4) is 34.1 Å². The van der Waals surface area contributed by atoms with E-state index in [4.69, 9.17) is 14.8 Å². The Bertz CT molecular complexity index is 2510. The summed E-state index contributed by atoms with van der Waals surface area (Å²) < 4.78 is 10.9. The van der Waals surface area contributed by atoms with Crippen LogP contribution in [0.5, 0.6) is 11.5 Å². The predicted octanol–water partition coefficient (Wildman–Crippen LogP) is 10.5. The molecule has 8 heteroatoms. The second-order valence-electron chi connectivity index (χ2n) is 15.0. The fourth-order valence-corrected chi connectivity index (χ4v) is 8.59. The maximum absolute atomic E-state index is 6.62. The number of hydrogen-bond donors (Lipinski definition) is 0. The molecule has 0 amide bonds. The molecule has 2 aliphatic heterocycles. The van der Waals surface area contributed by atoms with Crippen molar-refractivity contribution in [1.29, 1.82) is 0 Å². The molecule has 7 nitrogen and oxygen atoms in total. The summed E-state index contributed by atoms with van der Waals surface area (Å²) in [5.41, 5.74) is 13.4. The Hall–Kier alpha value is -4.87. The van der Waals surface area contributed by atoms with Gasteiger partial charge in [0.25, 0.3) is 0 Å². The van der Waals surface area contributed by atoms with E-state index in [0.29, 0.717) is 11.5 Å². The van der Waals surface area contributed by atoms with Crippen LogP contribution in [-0.2, 0) is 21.1 Å². The van der Waals surface area contributed by atoms with Gasteiger partial charge in [0.1, 0.15) is 11.6 Å². The number of ether oxygens (including phenoxy) is 1. The number of benzene rings is 4. The number of hydrogen-bond acceptors (Lipinski definition) is 5. The molecule has 0 N–H and O–H groups in total. The van der Waals surface area contributed by atoms with Gasteiger partial charge in [-0.2, -0.15) is 12.1 Å². The van der Waals surface area contributed by atoms with E-state index in [1.807, 2.05) is 24.4 Å². The summed E-state index contributed by atoms with van der Waals surface area (Å²) in [5, 5.41) is 7.77. The quantitative estimate of drug-likeness (QED) is 0.149. The maximum Gasteiger partial charge on any atom is 2.00 e. The van der Waals surface area contributed by atoms with Crippen molar-refractivity contribution < 1.29 is 25.8 Å². The average molecular weight is 894 g/mol. The van der Waals surface area contributed by atoms with Crippen molar-refractivity contribution >= 4 is 33.4 Å². The smallest absolute Gasteiger partial charge is 0.509 e. The van der Waals surface area contributed by atoms with Gasteiger partial charge < -0.3 is 19.1 Å². The number of nitrogens with zero attached hydrogens (tertiary/aromatic N) is 6. The molecule has 0 aliphatic carbocycles. The zero-order chi connectivity index (χ0) is 36.4. The summed E-state index contributed by atoms with van der Waals surface area (Å²) >= 11 is 0. The standard InChI is InChI=1S/C46H46N6O.Pt/c1-29-20-21-47-42(26-29)51-40-17-8-7-16-38(40)39-19-18-37(28-41(39)51)53-36-15-13-14-35(27-36)52-46(50-24-11-12-25-50)44(45(48-52)49-22-9-10-23-49)43-33(5)31(3)30(2)32(4)34(43)6;/h7-8,13-21,26H,9-12,22-25H2,1-6H3;/q-2;+2. The van der Waals surface area contributed by atoms with Gasteiger partial charge in [-0.3, -0.25) is 0 Å². The molecule has 0 atom stereocenters. The Kier molecular flexibility index (Phi) is 9.64. The van der Waals surface area contributed by atoms with E-state index < -0.39 is 0 Å². The molecule has 0 saturated carbocycles. The van der Waals surface area contributed by atoms with Gasteiger partial charge in [0.05, 0.1) is 5.56 Å². The molecule has 0 radical (unpaired) electrons. The zero-order valence-electron chi connectivity index (χ0n) is 32.0. The van der Waals surface area contributed by atoms with E-state index in [1.165, 1.54) is 64.6 Å². The van der Waals surface area contributed by atoms with E-state index in [9.17, 15) is 0 Å². The van der Waals surface area contributed by atoms with Gasteiger partial charge in [0, 0.05) is 49.4 Å². The molecule has 4 aromatic carbocycles. The van der Waals surface area contributed by atoms with Gasteiger partial charge in [0.15, 0.2) is 5.82 Å². The normalized spacial score (nSPS) is 14.4. The van der Waals surface area contributed by atoms with Crippen LogP contribution in [0.25, 0.3) is 44.4 Å². The Morgan fingerprint density at radius 1 is 0.630 bits per heavy atom. The van der Waals surface area contributed by atoms with Gasteiger partial charge in [-0.05, 0) is 135 Å². The number of para-hydroxylation sites is 1. The Labute approximate surface area is 332 Å². The summed E-state index contributed by atoms with van der Waals surface area (Å²) in [6.45, 7) is 17.6. The van der Waals surface area contributed by atoms with Crippen LogP contribution in [-0.4, -0.2) is 45.5 Å². The van der Waals surface area contributed by atoms with Gasteiger partial charge >= 0.3 is 21.1 Å². The van der Waals surface area contributed by atoms with Crippen LogP contribution in [0.15, 0.2) is 72.9 Å². The SMILES string of the molecule is Cc1ccnc(-n2c3[c-]c(Oc4[c-]c(-n5nc(N6CCCC6)c(-c6c(C)c(C)c(C)c(C)c6C)c5N5CCCC5)ccc4)ccc3c3ccccc32)c1.[Pt+2]. The average Bonchev–Trinajstić information content (AvgIpc) is 4.00. The first-order valence-corrected chi connectivity index (χ1v) is 19.1. The molecule has 0 spiro atoms. The first kappa shape index (κ1) is 36.1. The minimum atomic E-state index is 0. The van der Waals surface area contributed by atoms with Crippen molar-refractivity contribution in [2.24, 2.45) is 0 Å². The van der Waals surface area contributed by atoms with Crippen molar-refractivity contribution in [2.45, 2.75) is 67.2 Å². The molecule has 9 rings (SSSR count). The maximum atomic E-state index is 6.62. The molecule has 2 saturated heterocycles. The summed E-state index contributed by atoms with van der Waals surface area (Å²) in [4.78, 5) is 9.79. The first-order chi connectivity index (χ1) is 25.8. The van der Waals surface area contributed by atoms with Crippen LogP contribution in [0.4, 0.5) is 11.6 Å². The van der Waals surface area contributed by atoms with Crippen LogP contribution in [0.2, 0.25) is 0 Å². The zero-order valence-corrected chi connectivity index (χ0v) is 34.3. The number of pyridine rings is 1. The third-order valence-corrected chi connectivity index (χ3v) is 11.8. The van der Waals surface area contributed by atoms with Gasteiger partial charge in [-0.15, -0.1) is 40.8 Å². The number of anilines is 2. The van der Waals surface area contributed by atoms with Crippen molar-refractivity contribution in [2.75, 3.05) is 36.0 Å². The second-order valence-corrected chi connectivity index (χ2v) is 15.0. The fourth-order valence-electron chi connectivity index (χ4n) is 8.59. The van der Waals surface area contributed by atoms with E-state index in [2.05, 4.69) is 121 Å². The molecule has 54 heavy (non-hydrogen) atoms. The largest absolute Gasteiger partial charge is 2.00 e. The molecule has 0 unspecified atom stereocenters. The van der Waals surface area contributed by atoms with E-state index in [1.54, 1.807) is 0 Å².